The van der Waals surface area contributed by atoms with Crippen molar-refractivity contribution < 1.29 is 4.84 Å². The van der Waals surface area contributed by atoms with E-state index in [4.69, 9.17) is 16.4 Å². The maximum atomic E-state index is 5.78. The van der Waals surface area contributed by atoms with E-state index in [-0.39, 0.29) is 0 Å². The van der Waals surface area contributed by atoms with E-state index in [0.717, 1.165) is 5.69 Å². The van der Waals surface area contributed by atoms with E-state index in [1.807, 2.05) is 13.8 Å². The Morgan fingerprint density at radius 1 is 1.67 bits per heavy atom. The molecule has 0 spiro atoms. The Balaban J connectivity index is 2.52. The highest BCUT2D eigenvalue weighted by atomic mass is 35.5. The van der Waals surface area contributed by atoms with E-state index in [9.17, 15) is 0 Å². The van der Waals surface area contributed by atoms with E-state index in [1.165, 1.54) is 17.6 Å². The summed E-state index contributed by atoms with van der Waals surface area (Å²) < 4.78 is 0.682. The quantitative estimate of drug-likeness (QED) is 0.607. The topological polar surface area (TPSA) is 34.1 Å². The van der Waals surface area contributed by atoms with Crippen molar-refractivity contribution in [3.05, 3.63) is 22.4 Å². The first-order valence-electron chi connectivity index (χ1n) is 3.39. The molecular weight excluding hydrogens is 196 g/mol. The van der Waals surface area contributed by atoms with Gasteiger partial charge in [-0.25, -0.2) is 4.98 Å². The van der Waals surface area contributed by atoms with Crippen molar-refractivity contribution in [3.63, 3.8) is 0 Å². The lowest BCUT2D eigenvalue weighted by atomic mass is 10.6. The van der Waals surface area contributed by atoms with Gasteiger partial charge in [0.25, 0.3) is 0 Å². The molecule has 0 saturated carbocycles. The highest BCUT2D eigenvalue weighted by molar-refractivity contribution is 7.19. The average molecular weight is 205 g/mol. The van der Waals surface area contributed by atoms with Crippen molar-refractivity contribution in [2.75, 3.05) is 5.48 Å². The third kappa shape index (κ3) is 2.39. The zero-order valence-electron chi connectivity index (χ0n) is 6.80. The van der Waals surface area contributed by atoms with Crippen LogP contribution in [0, 0.1) is 6.92 Å². The number of aryl methyl sites for hydroxylation is 1. The largest absolute Gasteiger partial charge is 0.388 e. The third-order valence-corrected chi connectivity index (χ3v) is 2.44. The molecule has 0 unspecified atom stereocenters. The van der Waals surface area contributed by atoms with Gasteiger partial charge in [-0.2, -0.15) is 5.48 Å². The normalized spacial score (nSPS) is 10.6. The Morgan fingerprint density at radius 3 is 2.92 bits per heavy atom. The maximum absolute atomic E-state index is 5.78. The molecule has 5 heteroatoms. The summed E-state index contributed by atoms with van der Waals surface area (Å²) in [6.45, 7) is 3.71. The number of allylic oxidation sites excluding steroid dienone is 1. The Morgan fingerprint density at radius 2 is 2.42 bits per heavy atom. The van der Waals surface area contributed by atoms with E-state index >= 15 is 0 Å². The van der Waals surface area contributed by atoms with Crippen LogP contribution in [0.25, 0.3) is 0 Å². The molecule has 0 aliphatic heterocycles. The number of hydrogen-bond acceptors (Lipinski definition) is 4. The highest BCUT2D eigenvalue weighted by Crippen LogP contribution is 2.26. The molecule has 1 aromatic heterocycles. The molecule has 1 heterocycles. The Labute approximate surface area is 80.0 Å². The van der Waals surface area contributed by atoms with E-state index in [2.05, 4.69) is 10.5 Å². The van der Waals surface area contributed by atoms with Crippen LogP contribution in [-0.4, -0.2) is 4.98 Å². The summed E-state index contributed by atoms with van der Waals surface area (Å²) in [5.74, 6) is 0. The molecular formula is C7H9ClN2OS. The van der Waals surface area contributed by atoms with Gasteiger partial charge in [-0.15, -0.1) is 0 Å². The number of halogens is 1. The molecule has 0 bridgehead atoms. The molecule has 3 nitrogen and oxygen atoms in total. The molecule has 0 aromatic carbocycles. The van der Waals surface area contributed by atoms with E-state index in [1.54, 1.807) is 6.08 Å². The van der Waals surface area contributed by atoms with Gasteiger partial charge in [0.1, 0.15) is 10.6 Å². The molecule has 0 atom stereocenters. The summed E-state index contributed by atoms with van der Waals surface area (Å²) in [7, 11) is 0. The minimum absolute atomic E-state index is 0.663. The molecule has 1 aromatic rings. The van der Waals surface area contributed by atoms with Crippen molar-refractivity contribution in [1.82, 2.24) is 4.98 Å². The van der Waals surface area contributed by atoms with Gasteiger partial charge >= 0.3 is 0 Å². The van der Waals surface area contributed by atoms with Gasteiger partial charge in [-0.1, -0.05) is 22.9 Å². The first kappa shape index (κ1) is 9.35. The summed E-state index contributed by atoms with van der Waals surface area (Å²) in [6.07, 6.45) is 3.31. The minimum atomic E-state index is 0.663. The van der Waals surface area contributed by atoms with Crippen LogP contribution < -0.4 is 5.48 Å². The second kappa shape index (κ2) is 4.33. The van der Waals surface area contributed by atoms with Gasteiger partial charge in [-0.05, 0) is 19.9 Å². The van der Waals surface area contributed by atoms with Crippen molar-refractivity contribution in [2.24, 2.45) is 0 Å². The summed E-state index contributed by atoms with van der Waals surface area (Å²) in [5, 5.41) is 0.663. The number of hydrogen-bond donors (Lipinski definition) is 1. The number of thiazole rings is 1. The molecule has 12 heavy (non-hydrogen) atoms. The Kier molecular flexibility index (Phi) is 3.37. The van der Waals surface area contributed by atoms with Gasteiger partial charge in [0.2, 0.25) is 5.13 Å². The minimum Gasteiger partial charge on any atom is -0.388 e. The number of rotatable bonds is 3. The van der Waals surface area contributed by atoms with Gasteiger partial charge in [0, 0.05) is 0 Å². The van der Waals surface area contributed by atoms with Crippen LogP contribution in [0.5, 0.6) is 0 Å². The Bertz CT molecular complexity index is 265. The van der Waals surface area contributed by atoms with Crippen LogP contribution in [0.15, 0.2) is 12.3 Å². The maximum Gasteiger partial charge on any atom is 0.217 e. The fourth-order valence-electron chi connectivity index (χ4n) is 0.574. The van der Waals surface area contributed by atoms with Crippen molar-refractivity contribution in [1.29, 1.82) is 0 Å². The fraction of sp³-hybridized carbons (Fsp3) is 0.286. The summed E-state index contributed by atoms with van der Waals surface area (Å²) in [6, 6.07) is 0. The predicted molar refractivity (Wildman–Crippen MR) is 51.4 cm³/mol. The summed E-state index contributed by atoms with van der Waals surface area (Å²) in [5.41, 5.74) is 3.46. The van der Waals surface area contributed by atoms with Gasteiger partial charge in [-0.3, -0.25) is 0 Å². The lowest BCUT2D eigenvalue weighted by Gasteiger charge is -1.96. The summed E-state index contributed by atoms with van der Waals surface area (Å²) in [4.78, 5) is 8.99. The van der Waals surface area contributed by atoms with E-state index < -0.39 is 0 Å². The van der Waals surface area contributed by atoms with Crippen LogP contribution in [0.3, 0.4) is 0 Å². The van der Waals surface area contributed by atoms with Gasteiger partial charge in [0.15, 0.2) is 0 Å². The first-order valence-corrected chi connectivity index (χ1v) is 4.59. The zero-order chi connectivity index (χ0) is 8.97. The monoisotopic (exact) mass is 204 g/mol. The fourth-order valence-corrected chi connectivity index (χ4v) is 1.47. The average Bonchev–Trinajstić information content (AvgIpc) is 2.32. The van der Waals surface area contributed by atoms with Crippen LogP contribution in [0.1, 0.15) is 12.6 Å². The number of nitrogens with one attached hydrogen (secondary N) is 1. The standard InChI is InChI=1S/C7H9ClN2OS/c1-3-4-11-10-7-9-5(2)6(8)12-7/h3-4H,1-2H3,(H,9,10)/b4-3+. The molecule has 0 fully saturated rings. The SMILES string of the molecule is C/C=C/ONc1nc(C)c(Cl)s1. The molecule has 0 aliphatic carbocycles. The molecule has 0 aliphatic rings. The van der Waals surface area contributed by atoms with Crippen LogP contribution in [0.4, 0.5) is 5.13 Å². The van der Waals surface area contributed by atoms with Gasteiger partial charge in [0.05, 0.1) is 5.69 Å². The molecule has 1 N–H and O–H groups in total. The van der Waals surface area contributed by atoms with Crippen molar-refractivity contribution in [3.8, 4) is 0 Å². The second-order valence-corrected chi connectivity index (χ2v) is 3.67. The van der Waals surface area contributed by atoms with Gasteiger partial charge < -0.3 is 4.84 Å². The lowest BCUT2D eigenvalue weighted by molar-refractivity contribution is 0.329. The van der Waals surface area contributed by atoms with Crippen LogP contribution in [0.2, 0.25) is 4.34 Å². The molecule has 0 amide bonds. The second-order valence-electron chi connectivity index (χ2n) is 2.07. The van der Waals surface area contributed by atoms with Crippen LogP contribution >= 0.6 is 22.9 Å². The molecule has 0 radical (unpaired) electrons. The first-order chi connectivity index (χ1) is 5.74. The third-order valence-electron chi connectivity index (χ3n) is 1.09. The summed E-state index contributed by atoms with van der Waals surface area (Å²) >= 11 is 7.13. The smallest absolute Gasteiger partial charge is 0.217 e. The highest BCUT2D eigenvalue weighted by Gasteiger charge is 2.03. The Hall–Kier alpha value is -0.740. The van der Waals surface area contributed by atoms with Crippen LogP contribution in [-0.2, 0) is 4.84 Å². The number of nitrogens with zero attached hydrogens (tertiary/aromatic N) is 1. The molecule has 1 rings (SSSR count). The van der Waals surface area contributed by atoms with Crippen molar-refractivity contribution >= 4 is 28.1 Å². The lowest BCUT2D eigenvalue weighted by Crippen LogP contribution is -1.93. The van der Waals surface area contributed by atoms with Crippen molar-refractivity contribution in [2.45, 2.75) is 13.8 Å². The predicted octanol–water partition coefficient (Wildman–Crippen LogP) is 2.98. The van der Waals surface area contributed by atoms with E-state index in [0.29, 0.717) is 9.47 Å². The molecule has 0 saturated heterocycles. The molecule has 66 valence electrons. The zero-order valence-corrected chi connectivity index (χ0v) is 8.37. The number of aromatic nitrogens is 1. The number of anilines is 1.